The average Bonchev–Trinajstić information content (AvgIpc) is 2.83. The SMILES string of the molecule is CNCc1ccc(S(=O)(=O)Nc2ccc(Cl)cc2Cl)o1. The summed E-state index contributed by atoms with van der Waals surface area (Å²) in [5.74, 6) is 0.523. The first kappa shape index (κ1) is 15.2. The molecule has 0 bridgehead atoms. The Labute approximate surface area is 126 Å². The summed E-state index contributed by atoms with van der Waals surface area (Å²) in [6.07, 6.45) is 0. The third kappa shape index (κ3) is 3.46. The lowest BCUT2D eigenvalue weighted by molar-refractivity contribution is 0.408. The molecular formula is C12H12Cl2N2O3S. The predicted molar refractivity (Wildman–Crippen MR) is 78.7 cm³/mol. The average molecular weight is 335 g/mol. The summed E-state index contributed by atoms with van der Waals surface area (Å²) in [5, 5.41) is 3.33. The van der Waals surface area contributed by atoms with E-state index in [4.69, 9.17) is 27.6 Å². The van der Waals surface area contributed by atoms with Gasteiger partial charge in [0.2, 0.25) is 5.09 Å². The van der Waals surface area contributed by atoms with Crippen molar-refractivity contribution in [1.29, 1.82) is 0 Å². The lowest BCUT2D eigenvalue weighted by Crippen LogP contribution is -2.12. The van der Waals surface area contributed by atoms with E-state index < -0.39 is 10.0 Å². The van der Waals surface area contributed by atoms with Crippen LogP contribution in [0.15, 0.2) is 39.8 Å². The van der Waals surface area contributed by atoms with Gasteiger partial charge in [0.25, 0.3) is 10.0 Å². The standard InChI is InChI=1S/C12H12Cl2N2O3S/c1-15-7-9-3-5-12(19-9)20(17,18)16-11-4-2-8(13)6-10(11)14/h2-6,15-16H,7H2,1H3. The lowest BCUT2D eigenvalue weighted by Gasteiger charge is -2.07. The summed E-state index contributed by atoms with van der Waals surface area (Å²) in [6.45, 7) is 0.442. The molecule has 0 amide bonds. The number of hydrogen-bond donors (Lipinski definition) is 2. The predicted octanol–water partition coefficient (Wildman–Crippen LogP) is 3.11. The van der Waals surface area contributed by atoms with Crippen LogP contribution < -0.4 is 10.0 Å². The number of sulfonamides is 1. The molecule has 1 heterocycles. The maximum absolute atomic E-state index is 12.1. The second-order valence-corrected chi connectivity index (χ2v) is 6.44. The molecule has 0 atom stereocenters. The third-order valence-corrected chi connectivity index (χ3v) is 4.21. The Kier molecular flexibility index (Phi) is 4.59. The Morgan fingerprint density at radius 2 is 1.95 bits per heavy atom. The maximum Gasteiger partial charge on any atom is 0.295 e. The van der Waals surface area contributed by atoms with E-state index in [0.29, 0.717) is 17.3 Å². The number of benzene rings is 1. The molecule has 108 valence electrons. The van der Waals surface area contributed by atoms with Crippen LogP contribution >= 0.6 is 23.2 Å². The van der Waals surface area contributed by atoms with Crippen LogP contribution in [0.4, 0.5) is 5.69 Å². The fourth-order valence-corrected chi connectivity index (χ4v) is 3.08. The van der Waals surface area contributed by atoms with Gasteiger partial charge in [0.1, 0.15) is 5.76 Å². The van der Waals surface area contributed by atoms with Crippen LogP contribution in [0.5, 0.6) is 0 Å². The summed E-state index contributed by atoms with van der Waals surface area (Å²) in [4.78, 5) is 0. The fourth-order valence-electron chi connectivity index (χ4n) is 1.54. The zero-order valence-corrected chi connectivity index (χ0v) is 12.8. The minimum Gasteiger partial charge on any atom is -0.446 e. The molecule has 2 aromatic rings. The van der Waals surface area contributed by atoms with Gasteiger partial charge in [-0.2, -0.15) is 8.42 Å². The molecule has 0 fully saturated rings. The highest BCUT2D eigenvalue weighted by Gasteiger charge is 2.20. The van der Waals surface area contributed by atoms with Gasteiger partial charge in [-0.25, -0.2) is 0 Å². The van der Waals surface area contributed by atoms with Crippen LogP contribution in [0.1, 0.15) is 5.76 Å². The molecule has 8 heteroatoms. The summed E-state index contributed by atoms with van der Waals surface area (Å²) < 4.78 is 31.9. The molecule has 2 N–H and O–H groups in total. The van der Waals surface area contributed by atoms with Crippen molar-refractivity contribution >= 4 is 38.9 Å². The van der Waals surface area contributed by atoms with E-state index >= 15 is 0 Å². The second kappa shape index (κ2) is 6.05. The summed E-state index contributed by atoms with van der Waals surface area (Å²) in [7, 11) is -2.08. The van der Waals surface area contributed by atoms with Gasteiger partial charge in [0, 0.05) is 5.02 Å². The van der Waals surface area contributed by atoms with Crippen molar-refractivity contribution in [3.63, 3.8) is 0 Å². The van der Waals surface area contributed by atoms with Crippen LogP contribution in [0.25, 0.3) is 0 Å². The van der Waals surface area contributed by atoms with Gasteiger partial charge in [-0.3, -0.25) is 4.72 Å². The van der Waals surface area contributed by atoms with E-state index in [2.05, 4.69) is 10.0 Å². The Bertz CT molecular complexity index is 713. The Balaban J connectivity index is 2.26. The normalized spacial score (nSPS) is 11.6. The van der Waals surface area contributed by atoms with E-state index in [1.165, 1.54) is 18.2 Å². The molecule has 0 saturated carbocycles. The molecule has 0 spiro atoms. The second-order valence-electron chi connectivity index (χ2n) is 3.98. The minimum atomic E-state index is -3.82. The summed E-state index contributed by atoms with van der Waals surface area (Å²) in [6, 6.07) is 7.46. The number of hydrogen-bond acceptors (Lipinski definition) is 4. The van der Waals surface area contributed by atoms with E-state index in [1.807, 2.05) is 0 Å². The third-order valence-electron chi connectivity index (χ3n) is 2.43. The maximum atomic E-state index is 12.1. The van der Waals surface area contributed by atoms with E-state index in [9.17, 15) is 8.42 Å². The van der Waals surface area contributed by atoms with Gasteiger partial charge in [-0.1, -0.05) is 23.2 Å². The van der Waals surface area contributed by atoms with Crippen molar-refractivity contribution in [3.05, 3.63) is 46.1 Å². The summed E-state index contributed by atoms with van der Waals surface area (Å²) >= 11 is 11.7. The molecule has 0 saturated heterocycles. The Hall–Kier alpha value is -1.21. The molecule has 0 aliphatic heterocycles. The number of furan rings is 1. The van der Waals surface area contributed by atoms with Crippen LogP contribution in [0.2, 0.25) is 10.0 Å². The molecule has 1 aromatic heterocycles. The molecule has 0 unspecified atom stereocenters. The van der Waals surface area contributed by atoms with E-state index in [0.717, 1.165) is 0 Å². The molecule has 0 aliphatic rings. The van der Waals surface area contributed by atoms with Crippen LogP contribution in [-0.2, 0) is 16.6 Å². The molecule has 20 heavy (non-hydrogen) atoms. The molecular weight excluding hydrogens is 323 g/mol. The van der Waals surface area contributed by atoms with Crippen molar-refractivity contribution < 1.29 is 12.8 Å². The Morgan fingerprint density at radius 3 is 2.60 bits per heavy atom. The zero-order chi connectivity index (χ0) is 14.8. The number of halogens is 2. The van der Waals surface area contributed by atoms with Gasteiger partial charge in [-0.15, -0.1) is 0 Å². The molecule has 1 aromatic carbocycles. The zero-order valence-electron chi connectivity index (χ0n) is 10.5. The smallest absolute Gasteiger partial charge is 0.295 e. The fraction of sp³-hybridized carbons (Fsp3) is 0.167. The molecule has 5 nitrogen and oxygen atoms in total. The summed E-state index contributed by atoms with van der Waals surface area (Å²) in [5.41, 5.74) is 0.239. The quantitative estimate of drug-likeness (QED) is 0.881. The first-order chi connectivity index (χ1) is 9.42. The number of rotatable bonds is 5. The van der Waals surface area contributed by atoms with Gasteiger partial charge < -0.3 is 9.73 Å². The first-order valence-electron chi connectivity index (χ1n) is 5.63. The monoisotopic (exact) mass is 334 g/mol. The number of anilines is 1. The highest BCUT2D eigenvalue weighted by atomic mass is 35.5. The lowest BCUT2D eigenvalue weighted by atomic mass is 10.3. The van der Waals surface area contributed by atoms with Crippen LogP contribution in [0, 0.1) is 0 Å². The van der Waals surface area contributed by atoms with Gasteiger partial charge in [0.05, 0.1) is 17.3 Å². The Morgan fingerprint density at radius 1 is 1.20 bits per heavy atom. The topological polar surface area (TPSA) is 71.3 Å². The van der Waals surface area contributed by atoms with Gasteiger partial charge in [-0.05, 0) is 37.4 Å². The molecule has 2 rings (SSSR count). The largest absolute Gasteiger partial charge is 0.446 e. The highest BCUT2D eigenvalue weighted by molar-refractivity contribution is 7.92. The van der Waals surface area contributed by atoms with Crippen molar-refractivity contribution in [2.45, 2.75) is 11.6 Å². The highest BCUT2D eigenvalue weighted by Crippen LogP contribution is 2.27. The van der Waals surface area contributed by atoms with Crippen LogP contribution in [-0.4, -0.2) is 15.5 Å². The van der Waals surface area contributed by atoms with Crippen molar-refractivity contribution in [2.75, 3.05) is 11.8 Å². The first-order valence-corrected chi connectivity index (χ1v) is 7.87. The van der Waals surface area contributed by atoms with Gasteiger partial charge in [0.15, 0.2) is 0 Å². The van der Waals surface area contributed by atoms with Crippen LogP contribution in [0.3, 0.4) is 0 Å². The number of nitrogens with one attached hydrogen (secondary N) is 2. The van der Waals surface area contributed by atoms with E-state index in [-0.39, 0.29) is 15.8 Å². The van der Waals surface area contributed by atoms with Gasteiger partial charge >= 0.3 is 0 Å². The minimum absolute atomic E-state index is 0.172. The molecule has 0 radical (unpaired) electrons. The van der Waals surface area contributed by atoms with Crippen molar-refractivity contribution in [2.24, 2.45) is 0 Å². The van der Waals surface area contributed by atoms with E-state index in [1.54, 1.807) is 19.2 Å². The van der Waals surface area contributed by atoms with Crippen molar-refractivity contribution in [3.8, 4) is 0 Å². The van der Waals surface area contributed by atoms with Crippen molar-refractivity contribution in [1.82, 2.24) is 5.32 Å². The molecule has 0 aliphatic carbocycles.